The second kappa shape index (κ2) is 5.54. The van der Waals surface area contributed by atoms with Crippen molar-refractivity contribution in [3.8, 4) is 34.5 Å². The van der Waals surface area contributed by atoms with Crippen molar-refractivity contribution >= 4 is 5.71 Å². The quantitative estimate of drug-likeness (QED) is 0.892. The average molecular weight is 355 g/mol. The van der Waals surface area contributed by atoms with E-state index in [1.807, 2.05) is 6.07 Å². The molecule has 0 spiro atoms. The highest BCUT2D eigenvalue weighted by molar-refractivity contribution is 6.10. The van der Waals surface area contributed by atoms with Gasteiger partial charge in [0.1, 0.15) is 6.10 Å². The molecule has 0 aliphatic carbocycles. The van der Waals surface area contributed by atoms with Crippen molar-refractivity contribution in [3.63, 3.8) is 0 Å². The number of nitrogens with zero attached hydrogens (tertiary/aromatic N) is 1. The maximum Gasteiger partial charge on any atom is 0.231 e. The molecule has 0 fully saturated rings. The van der Waals surface area contributed by atoms with Crippen LogP contribution in [-0.2, 0) is 6.42 Å². The van der Waals surface area contributed by atoms with Crippen molar-refractivity contribution in [3.05, 3.63) is 34.9 Å². The highest BCUT2D eigenvalue weighted by Gasteiger charge is 2.38. The monoisotopic (exact) mass is 355 g/mol. The molecule has 0 radical (unpaired) electrons. The maximum absolute atomic E-state index is 11.1. The van der Waals surface area contributed by atoms with Crippen LogP contribution in [0.2, 0.25) is 0 Å². The molecule has 0 bridgehead atoms. The average Bonchev–Trinajstić information content (AvgIpc) is 3.09. The minimum Gasteiger partial charge on any atom is -0.493 e. The van der Waals surface area contributed by atoms with Gasteiger partial charge < -0.3 is 28.8 Å². The molecular weight excluding hydrogens is 338 g/mol. The Bertz CT molecular complexity index is 952. The standard InChI is InChI=1S/C19H17NO6/c1-22-11-4-3-10-15(21)14-13-9(5-6-20-14)7-12-18(25-8-24-12)19(13)26-16(10)17(11)23-2/h3-4,7,15,21H,5-6,8H2,1-2H3. The van der Waals surface area contributed by atoms with Gasteiger partial charge in [0.15, 0.2) is 23.0 Å². The number of aliphatic hydroxyl groups excluding tert-OH is 1. The molecule has 0 aromatic heterocycles. The number of benzene rings is 2. The third-order valence-electron chi connectivity index (χ3n) is 4.91. The fraction of sp³-hybridized carbons (Fsp3) is 0.316. The molecule has 7 nitrogen and oxygen atoms in total. The van der Waals surface area contributed by atoms with Gasteiger partial charge in [-0.15, -0.1) is 0 Å². The van der Waals surface area contributed by atoms with Gasteiger partial charge in [-0.2, -0.15) is 0 Å². The highest BCUT2D eigenvalue weighted by atomic mass is 16.7. The molecule has 26 heavy (non-hydrogen) atoms. The number of aliphatic imine (C=N–C) groups is 1. The van der Waals surface area contributed by atoms with Crippen LogP contribution in [0.25, 0.3) is 0 Å². The summed E-state index contributed by atoms with van der Waals surface area (Å²) in [5.41, 5.74) is 2.93. The predicted molar refractivity (Wildman–Crippen MR) is 92.3 cm³/mol. The molecule has 0 saturated carbocycles. The lowest BCUT2D eigenvalue weighted by Crippen LogP contribution is -2.19. The first-order chi connectivity index (χ1) is 12.7. The van der Waals surface area contributed by atoms with E-state index in [9.17, 15) is 5.11 Å². The number of hydrogen-bond acceptors (Lipinski definition) is 7. The SMILES string of the molecule is COc1ccc2c(c1OC)Oc1c3c(cc4c1C(=NCC4)C2O)OCO3. The van der Waals surface area contributed by atoms with Crippen molar-refractivity contribution in [1.82, 2.24) is 0 Å². The van der Waals surface area contributed by atoms with E-state index in [4.69, 9.17) is 23.7 Å². The second-order valence-electron chi connectivity index (χ2n) is 6.21. The van der Waals surface area contributed by atoms with Gasteiger partial charge >= 0.3 is 0 Å². The summed E-state index contributed by atoms with van der Waals surface area (Å²) >= 11 is 0. The number of rotatable bonds is 2. The van der Waals surface area contributed by atoms with Crippen molar-refractivity contribution < 1.29 is 28.8 Å². The molecule has 3 aliphatic heterocycles. The minimum atomic E-state index is -0.939. The molecule has 1 atom stereocenters. The van der Waals surface area contributed by atoms with Gasteiger partial charge in [-0.1, -0.05) is 0 Å². The summed E-state index contributed by atoms with van der Waals surface area (Å²) in [5.74, 6) is 2.97. The summed E-state index contributed by atoms with van der Waals surface area (Å²) in [7, 11) is 3.09. The van der Waals surface area contributed by atoms with Crippen molar-refractivity contribution in [2.75, 3.05) is 27.6 Å². The lowest BCUT2D eigenvalue weighted by Gasteiger charge is -2.20. The van der Waals surface area contributed by atoms with Crippen LogP contribution in [0.1, 0.15) is 22.8 Å². The normalized spacial score (nSPS) is 18.9. The lowest BCUT2D eigenvalue weighted by atomic mass is 9.91. The van der Waals surface area contributed by atoms with Gasteiger partial charge in [0.2, 0.25) is 18.3 Å². The van der Waals surface area contributed by atoms with E-state index in [2.05, 4.69) is 4.99 Å². The Hall–Kier alpha value is -2.93. The van der Waals surface area contributed by atoms with Crippen LogP contribution >= 0.6 is 0 Å². The molecule has 2 aromatic carbocycles. The highest BCUT2D eigenvalue weighted by Crippen LogP contribution is 2.54. The first-order valence-corrected chi connectivity index (χ1v) is 8.34. The third kappa shape index (κ3) is 1.94. The number of hydrogen-bond donors (Lipinski definition) is 1. The van der Waals surface area contributed by atoms with E-state index < -0.39 is 6.10 Å². The summed E-state index contributed by atoms with van der Waals surface area (Å²) in [4.78, 5) is 4.58. The van der Waals surface area contributed by atoms with Crippen LogP contribution in [0, 0.1) is 0 Å². The first-order valence-electron chi connectivity index (χ1n) is 8.34. The zero-order valence-corrected chi connectivity index (χ0v) is 14.4. The molecule has 2 aromatic rings. The molecule has 3 aliphatic rings. The van der Waals surface area contributed by atoms with Gasteiger partial charge in [0.25, 0.3) is 0 Å². The lowest BCUT2D eigenvalue weighted by molar-refractivity contribution is 0.171. The third-order valence-corrected chi connectivity index (χ3v) is 4.91. The Morgan fingerprint density at radius 3 is 2.81 bits per heavy atom. The van der Waals surface area contributed by atoms with Gasteiger partial charge in [-0.05, 0) is 30.2 Å². The van der Waals surface area contributed by atoms with Crippen LogP contribution in [-0.4, -0.2) is 38.4 Å². The van der Waals surface area contributed by atoms with Crippen molar-refractivity contribution in [2.24, 2.45) is 4.99 Å². The molecule has 5 rings (SSSR count). The van der Waals surface area contributed by atoms with Gasteiger partial charge in [-0.25, -0.2) is 0 Å². The summed E-state index contributed by atoms with van der Waals surface area (Å²) in [6.07, 6.45) is -0.194. The molecule has 134 valence electrons. The Kier molecular flexibility index (Phi) is 3.27. The zero-order chi connectivity index (χ0) is 17.8. The van der Waals surface area contributed by atoms with Gasteiger partial charge in [0.05, 0.1) is 19.9 Å². The number of ether oxygens (including phenoxy) is 5. The van der Waals surface area contributed by atoms with Crippen LogP contribution in [0.5, 0.6) is 34.5 Å². The van der Waals surface area contributed by atoms with Crippen LogP contribution in [0.3, 0.4) is 0 Å². The minimum absolute atomic E-state index is 0.131. The number of fused-ring (bicyclic) bond motifs is 3. The van der Waals surface area contributed by atoms with E-state index in [-0.39, 0.29) is 6.79 Å². The fourth-order valence-electron chi connectivity index (χ4n) is 3.72. The van der Waals surface area contributed by atoms with Crippen LogP contribution in [0.4, 0.5) is 0 Å². The first kappa shape index (κ1) is 15.3. The molecule has 0 amide bonds. The topological polar surface area (TPSA) is 78.7 Å². The van der Waals surface area contributed by atoms with E-state index in [1.165, 1.54) is 7.11 Å². The maximum atomic E-state index is 11.1. The molecule has 7 heteroatoms. The van der Waals surface area contributed by atoms with E-state index in [0.29, 0.717) is 52.3 Å². The number of aliphatic hydroxyl groups is 1. The summed E-state index contributed by atoms with van der Waals surface area (Å²) < 4.78 is 28.4. The van der Waals surface area contributed by atoms with Gasteiger partial charge in [-0.3, -0.25) is 4.99 Å². The summed E-state index contributed by atoms with van der Waals surface area (Å²) in [6, 6.07) is 5.45. The number of methoxy groups -OCH3 is 2. The van der Waals surface area contributed by atoms with E-state index in [1.54, 1.807) is 19.2 Å². The van der Waals surface area contributed by atoms with Crippen molar-refractivity contribution in [2.45, 2.75) is 12.5 Å². The molecule has 1 N–H and O–H groups in total. The zero-order valence-electron chi connectivity index (χ0n) is 14.4. The Labute approximate surface area is 149 Å². The van der Waals surface area contributed by atoms with Crippen molar-refractivity contribution in [1.29, 1.82) is 0 Å². The van der Waals surface area contributed by atoms with E-state index in [0.717, 1.165) is 17.5 Å². The summed E-state index contributed by atoms with van der Waals surface area (Å²) in [5, 5.41) is 11.1. The fourth-order valence-corrected chi connectivity index (χ4v) is 3.72. The van der Waals surface area contributed by atoms with Gasteiger partial charge in [0, 0.05) is 17.7 Å². The van der Waals surface area contributed by atoms with Crippen LogP contribution in [0.15, 0.2) is 23.2 Å². The predicted octanol–water partition coefficient (Wildman–Crippen LogP) is 2.62. The summed E-state index contributed by atoms with van der Waals surface area (Å²) in [6.45, 7) is 0.729. The molecule has 0 saturated heterocycles. The Morgan fingerprint density at radius 1 is 1.12 bits per heavy atom. The Balaban J connectivity index is 1.83. The molecule has 3 heterocycles. The molecular formula is C19H17NO6. The molecule has 1 unspecified atom stereocenters. The van der Waals surface area contributed by atoms with E-state index >= 15 is 0 Å². The second-order valence-corrected chi connectivity index (χ2v) is 6.21. The Morgan fingerprint density at radius 2 is 2.00 bits per heavy atom. The van der Waals surface area contributed by atoms with Crippen LogP contribution < -0.4 is 23.7 Å². The smallest absolute Gasteiger partial charge is 0.231 e. The largest absolute Gasteiger partial charge is 0.493 e.